The maximum absolute atomic E-state index is 12.1. The van der Waals surface area contributed by atoms with Crippen molar-refractivity contribution in [2.45, 2.75) is 32.9 Å². The lowest BCUT2D eigenvalue weighted by atomic mass is 10.1. The van der Waals surface area contributed by atoms with Crippen molar-refractivity contribution in [1.82, 2.24) is 15.1 Å². The highest BCUT2D eigenvalue weighted by atomic mass is 35.5. The van der Waals surface area contributed by atoms with E-state index in [9.17, 15) is 9.59 Å². The SMILES string of the molecule is CC[C@H](C)NC(=O)Cn1nc(-c2ccc(Cl)cc2)c(OC)cc1=O. The second-order valence-electron chi connectivity index (χ2n) is 5.44. The number of carbonyl (C=O) groups excluding carboxylic acids is 1. The molecule has 1 aromatic heterocycles. The topological polar surface area (TPSA) is 73.2 Å². The van der Waals surface area contributed by atoms with Crippen LogP contribution in [0.2, 0.25) is 5.02 Å². The first-order valence-electron chi connectivity index (χ1n) is 7.66. The molecule has 1 aromatic carbocycles. The number of halogens is 1. The minimum absolute atomic E-state index is 0.0437. The van der Waals surface area contributed by atoms with Crippen LogP contribution in [0.25, 0.3) is 11.3 Å². The Balaban J connectivity index is 2.36. The summed E-state index contributed by atoms with van der Waals surface area (Å²) in [6.07, 6.45) is 0.812. The van der Waals surface area contributed by atoms with E-state index in [0.717, 1.165) is 16.7 Å². The number of ether oxygens (including phenoxy) is 1. The van der Waals surface area contributed by atoms with Gasteiger partial charge < -0.3 is 10.1 Å². The first-order chi connectivity index (χ1) is 11.4. The molecule has 1 N–H and O–H groups in total. The molecule has 0 saturated heterocycles. The number of benzene rings is 1. The van der Waals surface area contributed by atoms with E-state index in [2.05, 4.69) is 10.4 Å². The fraction of sp³-hybridized carbons (Fsp3) is 0.353. The Bertz CT molecular complexity index is 772. The molecule has 2 rings (SSSR count). The molecule has 6 nitrogen and oxygen atoms in total. The lowest BCUT2D eigenvalue weighted by molar-refractivity contribution is -0.122. The lowest BCUT2D eigenvalue weighted by Crippen LogP contribution is -2.37. The Morgan fingerprint density at radius 1 is 1.38 bits per heavy atom. The van der Waals surface area contributed by atoms with Gasteiger partial charge in [-0.25, -0.2) is 4.68 Å². The van der Waals surface area contributed by atoms with E-state index in [1.807, 2.05) is 13.8 Å². The third-order valence-electron chi connectivity index (χ3n) is 3.61. The highest BCUT2D eigenvalue weighted by molar-refractivity contribution is 6.30. The van der Waals surface area contributed by atoms with Crippen LogP contribution >= 0.6 is 11.6 Å². The van der Waals surface area contributed by atoms with Gasteiger partial charge in [0.1, 0.15) is 12.2 Å². The Morgan fingerprint density at radius 3 is 2.62 bits per heavy atom. The molecular formula is C17H20ClN3O3. The molecule has 0 bridgehead atoms. The summed E-state index contributed by atoms with van der Waals surface area (Å²) in [7, 11) is 1.47. The molecule has 128 valence electrons. The second-order valence-corrected chi connectivity index (χ2v) is 5.88. The van der Waals surface area contributed by atoms with Crippen LogP contribution in [0.15, 0.2) is 35.1 Å². The smallest absolute Gasteiger partial charge is 0.270 e. The van der Waals surface area contributed by atoms with Crippen LogP contribution in [-0.4, -0.2) is 28.8 Å². The van der Waals surface area contributed by atoms with Gasteiger partial charge in [0, 0.05) is 22.7 Å². The third-order valence-corrected chi connectivity index (χ3v) is 3.87. The standard InChI is InChI=1S/C17H20ClN3O3/c1-4-11(2)19-15(22)10-21-16(23)9-14(24-3)17(20-21)12-5-7-13(18)8-6-12/h5-9,11H,4,10H2,1-3H3,(H,19,22)/t11-/m0/s1. The summed E-state index contributed by atoms with van der Waals surface area (Å²) in [5.74, 6) is 0.0899. The number of rotatable bonds is 6. The molecule has 1 amide bonds. The van der Waals surface area contributed by atoms with Crippen molar-refractivity contribution in [3.63, 3.8) is 0 Å². The predicted molar refractivity (Wildman–Crippen MR) is 93.4 cm³/mol. The number of aromatic nitrogens is 2. The molecule has 1 atom stereocenters. The summed E-state index contributed by atoms with van der Waals surface area (Å²) in [4.78, 5) is 24.2. The summed E-state index contributed by atoms with van der Waals surface area (Å²) >= 11 is 5.90. The van der Waals surface area contributed by atoms with Crippen LogP contribution in [0.5, 0.6) is 5.75 Å². The molecule has 0 unspecified atom stereocenters. The quantitative estimate of drug-likeness (QED) is 0.869. The molecule has 0 aliphatic heterocycles. The van der Waals surface area contributed by atoms with Crippen LogP contribution < -0.4 is 15.6 Å². The molecule has 0 spiro atoms. The van der Waals surface area contributed by atoms with Crippen molar-refractivity contribution >= 4 is 17.5 Å². The molecular weight excluding hydrogens is 330 g/mol. The summed E-state index contributed by atoms with van der Waals surface area (Å²) in [5.41, 5.74) is 0.821. The zero-order valence-corrected chi connectivity index (χ0v) is 14.6. The highest BCUT2D eigenvalue weighted by Gasteiger charge is 2.14. The third kappa shape index (κ3) is 4.35. The van der Waals surface area contributed by atoms with Crippen molar-refractivity contribution < 1.29 is 9.53 Å². The monoisotopic (exact) mass is 349 g/mol. The Kier molecular flexibility index (Phi) is 5.98. The average Bonchev–Trinajstić information content (AvgIpc) is 2.57. The van der Waals surface area contributed by atoms with Gasteiger partial charge in [0.2, 0.25) is 5.91 Å². The Hall–Kier alpha value is -2.34. The zero-order chi connectivity index (χ0) is 17.7. The van der Waals surface area contributed by atoms with E-state index in [0.29, 0.717) is 16.5 Å². The first kappa shape index (κ1) is 18.0. The normalized spacial score (nSPS) is 11.8. The summed E-state index contributed by atoms with van der Waals surface area (Å²) in [5, 5.41) is 7.70. The number of hydrogen-bond acceptors (Lipinski definition) is 4. The number of amides is 1. The minimum atomic E-state index is -0.399. The number of nitrogens with zero attached hydrogens (tertiary/aromatic N) is 2. The zero-order valence-electron chi connectivity index (χ0n) is 13.9. The van der Waals surface area contributed by atoms with Gasteiger partial charge in [-0.2, -0.15) is 5.10 Å². The van der Waals surface area contributed by atoms with Gasteiger partial charge in [-0.05, 0) is 25.5 Å². The van der Waals surface area contributed by atoms with Gasteiger partial charge in [0.05, 0.1) is 7.11 Å². The van der Waals surface area contributed by atoms with Crippen LogP contribution in [0.4, 0.5) is 0 Å². The van der Waals surface area contributed by atoms with Crippen LogP contribution in [-0.2, 0) is 11.3 Å². The second kappa shape index (κ2) is 7.97. The van der Waals surface area contributed by atoms with E-state index in [-0.39, 0.29) is 18.5 Å². The number of hydrogen-bond donors (Lipinski definition) is 1. The molecule has 0 fully saturated rings. The fourth-order valence-electron chi connectivity index (χ4n) is 2.11. The number of carbonyl (C=O) groups is 1. The molecule has 0 aliphatic carbocycles. The van der Waals surface area contributed by atoms with Crippen LogP contribution in [0.3, 0.4) is 0 Å². The molecule has 0 saturated carbocycles. The molecule has 7 heteroatoms. The molecule has 2 aromatic rings. The summed E-state index contributed by atoms with van der Waals surface area (Å²) < 4.78 is 6.37. The highest BCUT2D eigenvalue weighted by Crippen LogP contribution is 2.26. The van der Waals surface area contributed by atoms with E-state index < -0.39 is 5.56 Å². The van der Waals surface area contributed by atoms with Crippen molar-refractivity contribution in [1.29, 1.82) is 0 Å². The fourth-order valence-corrected chi connectivity index (χ4v) is 2.24. The van der Waals surface area contributed by atoms with Crippen LogP contribution in [0.1, 0.15) is 20.3 Å². The van der Waals surface area contributed by atoms with Crippen molar-refractivity contribution in [3.8, 4) is 17.0 Å². The summed E-state index contributed by atoms with van der Waals surface area (Å²) in [6, 6.07) is 8.38. The van der Waals surface area contributed by atoms with E-state index in [4.69, 9.17) is 16.3 Å². The van der Waals surface area contributed by atoms with Gasteiger partial charge in [-0.15, -0.1) is 0 Å². The van der Waals surface area contributed by atoms with E-state index >= 15 is 0 Å². The van der Waals surface area contributed by atoms with E-state index in [1.165, 1.54) is 13.2 Å². The largest absolute Gasteiger partial charge is 0.494 e. The minimum Gasteiger partial charge on any atom is -0.494 e. The lowest BCUT2D eigenvalue weighted by Gasteiger charge is -2.14. The Labute approximate surface area is 145 Å². The van der Waals surface area contributed by atoms with Gasteiger partial charge in [0.15, 0.2) is 5.75 Å². The molecule has 24 heavy (non-hydrogen) atoms. The van der Waals surface area contributed by atoms with Gasteiger partial charge in [0.25, 0.3) is 5.56 Å². The number of methoxy groups -OCH3 is 1. The van der Waals surface area contributed by atoms with Crippen molar-refractivity contribution in [2.24, 2.45) is 0 Å². The molecule has 0 radical (unpaired) electrons. The van der Waals surface area contributed by atoms with E-state index in [1.54, 1.807) is 24.3 Å². The van der Waals surface area contributed by atoms with Gasteiger partial charge in [-0.3, -0.25) is 9.59 Å². The molecule has 1 heterocycles. The predicted octanol–water partition coefficient (Wildman–Crippen LogP) is 2.49. The van der Waals surface area contributed by atoms with Gasteiger partial charge >= 0.3 is 0 Å². The first-order valence-corrected chi connectivity index (χ1v) is 8.03. The van der Waals surface area contributed by atoms with Crippen molar-refractivity contribution in [2.75, 3.05) is 7.11 Å². The van der Waals surface area contributed by atoms with Gasteiger partial charge in [-0.1, -0.05) is 30.7 Å². The maximum atomic E-state index is 12.1. The summed E-state index contributed by atoms with van der Waals surface area (Å²) in [6.45, 7) is 3.73. The molecule has 0 aliphatic rings. The van der Waals surface area contributed by atoms with Crippen molar-refractivity contribution in [3.05, 3.63) is 45.7 Å². The average molecular weight is 350 g/mol. The maximum Gasteiger partial charge on any atom is 0.270 e. The Morgan fingerprint density at radius 2 is 2.04 bits per heavy atom. The number of nitrogens with one attached hydrogen (secondary N) is 1. The van der Waals surface area contributed by atoms with Crippen LogP contribution in [0, 0.1) is 0 Å².